The van der Waals surface area contributed by atoms with Crippen LogP contribution in [0.25, 0.3) is 22.2 Å². The van der Waals surface area contributed by atoms with Crippen molar-refractivity contribution in [3.63, 3.8) is 0 Å². The lowest BCUT2D eigenvalue weighted by molar-refractivity contribution is 0.101. The quantitative estimate of drug-likeness (QED) is 0.565. The van der Waals surface area contributed by atoms with Crippen molar-refractivity contribution in [1.29, 1.82) is 0 Å². The summed E-state index contributed by atoms with van der Waals surface area (Å²) in [6, 6.07) is 16.2. The van der Waals surface area contributed by atoms with Gasteiger partial charge in [0.1, 0.15) is 0 Å². The maximum absolute atomic E-state index is 11.4. The van der Waals surface area contributed by atoms with Crippen LogP contribution in [0.4, 0.5) is 0 Å². The molecule has 0 radical (unpaired) electrons. The zero-order chi connectivity index (χ0) is 15.9. The second kappa shape index (κ2) is 5.62. The number of ketones is 1. The van der Waals surface area contributed by atoms with Crippen LogP contribution in [-0.2, 0) is 0 Å². The van der Waals surface area contributed by atoms with Crippen molar-refractivity contribution >= 4 is 28.3 Å². The van der Waals surface area contributed by atoms with E-state index < -0.39 is 0 Å². The molecule has 0 unspecified atom stereocenters. The molecule has 0 atom stereocenters. The number of carbonyl (C=O) groups excluding carboxylic acids is 1. The highest BCUT2D eigenvalue weighted by Gasteiger charge is 2.13. The molecule has 112 valence electrons. The van der Waals surface area contributed by atoms with Gasteiger partial charge in [0.15, 0.2) is 5.78 Å². The molecule has 0 bridgehead atoms. The summed E-state index contributed by atoms with van der Waals surface area (Å²) < 4.78 is 2.30. The van der Waals surface area contributed by atoms with E-state index in [1.807, 2.05) is 36.4 Å². The summed E-state index contributed by atoms with van der Waals surface area (Å²) in [6.07, 6.45) is 0. The highest BCUT2D eigenvalue weighted by molar-refractivity contribution is 6.31. The number of aromatic nitrogens is 1. The first-order valence-electron chi connectivity index (χ1n) is 7.39. The number of hydrogen-bond donors (Lipinski definition) is 0. The first-order valence-corrected chi connectivity index (χ1v) is 7.77. The van der Waals surface area contributed by atoms with E-state index in [1.54, 1.807) is 6.92 Å². The molecule has 2 nitrogen and oxygen atoms in total. The SMILES string of the molecule is CC(=O)c1ccc(-c2cc3cc(Cl)ccc3n2C(C)C)cc1. The van der Waals surface area contributed by atoms with Crippen molar-refractivity contribution in [2.45, 2.75) is 26.8 Å². The molecule has 0 N–H and O–H groups in total. The Morgan fingerprint density at radius 2 is 1.73 bits per heavy atom. The van der Waals surface area contributed by atoms with E-state index >= 15 is 0 Å². The third kappa shape index (κ3) is 2.55. The topological polar surface area (TPSA) is 22.0 Å². The lowest BCUT2D eigenvalue weighted by Crippen LogP contribution is -2.02. The molecule has 3 rings (SSSR count). The van der Waals surface area contributed by atoms with Gasteiger partial charge in [-0.3, -0.25) is 4.79 Å². The fraction of sp³-hybridized carbons (Fsp3) is 0.211. The minimum absolute atomic E-state index is 0.0859. The number of nitrogens with zero attached hydrogens (tertiary/aromatic N) is 1. The lowest BCUT2D eigenvalue weighted by atomic mass is 10.1. The van der Waals surface area contributed by atoms with Crippen LogP contribution in [0.2, 0.25) is 5.02 Å². The van der Waals surface area contributed by atoms with Gasteiger partial charge in [0.05, 0.1) is 0 Å². The Balaban J connectivity index is 2.20. The average molecular weight is 312 g/mol. The summed E-state index contributed by atoms with van der Waals surface area (Å²) in [5, 5.41) is 1.87. The molecule has 3 heteroatoms. The molecule has 0 spiro atoms. The van der Waals surface area contributed by atoms with Gasteiger partial charge >= 0.3 is 0 Å². The summed E-state index contributed by atoms with van der Waals surface area (Å²) in [6.45, 7) is 5.92. The molecule has 0 aliphatic heterocycles. The van der Waals surface area contributed by atoms with E-state index in [0.29, 0.717) is 6.04 Å². The second-order valence-corrected chi connectivity index (χ2v) is 6.27. The Morgan fingerprint density at radius 1 is 1.05 bits per heavy atom. The number of halogens is 1. The normalized spacial score (nSPS) is 11.3. The molecule has 1 aromatic heterocycles. The van der Waals surface area contributed by atoms with Gasteiger partial charge in [-0.25, -0.2) is 0 Å². The molecule has 0 fully saturated rings. The predicted molar refractivity (Wildman–Crippen MR) is 92.8 cm³/mol. The largest absolute Gasteiger partial charge is 0.338 e. The number of rotatable bonds is 3. The molecule has 0 aliphatic carbocycles. The van der Waals surface area contributed by atoms with E-state index in [4.69, 9.17) is 11.6 Å². The van der Waals surface area contributed by atoms with Crippen molar-refractivity contribution in [2.24, 2.45) is 0 Å². The summed E-state index contributed by atoms with van der Waals surface area (Å²) >= 11 is 6.11. The number of fused-ring (bicyclic) bond motifs is 1. The van der Waals surface area contributed by atoms with Gasteiger partial charge < -0.3 is 4.57 Å². The monoisotopic (exact) mass is 311 g/mol. The van der Waals surface area contributed by atoms with Crippen LogP contribution in [0.15, 0.2) is 48.5 Å². The molecule has 0 saturated carbocycles. The minimum Gasteiger partial charge on any atom is -0.338 e. The van der Waals surface area contributed by atoms with Crippen LogP contribution >= 0.6 is 11.6 Å². The Labute approximate surface area is 135 Å². The predicted octanol–water partition coefficient (Wildman–Crippen LogP) is 5.75. The van der Waals surface area contributed by atoms with E-state index in [-0.39, 0.29) is 5.78 Å². The molecule has 3 aromatic rings. The van der Waals surface area contributed by atoms with Crippen LogP contribution < -0.4 is 0 Å². The average Bonchev–Trinajstić information content (AvgIpc) is 2.85. The third-order valence-corrected chi connectivity index (χ3v) is 4.14. The summed E-state index contributed by atoms with van der Waals surface area (Å²) in [4.78, 5) is 11.4. The fourth-order valence-electron chi connectivity index (χ4n) is 2.86. The summed E-state index contributed by atoms with van der Waals surface area (Å²) in [5.74, 6) is 0.0859. The first-order chi connectivity index (χ1) is 10.5. The number of hydrogen-bond acceptors (Lipinski definition) is 1. The lowest BCUT2D eigenvalue weighted by Gasteiger charge is -2.15. The molecule has 1 heterocycles. The standard InChI is InChI=1S/C19H18ClNO/c1-12(2)21-18-9-8-17(20)10-16(18)11-19(21)15-6-4-14(5-7-15)13(3)22/h4-12H,1-3H3. The van der Waals surface area contributed by atoms with Gasteiger partial charge in [-0.15, -0.1) is 0 Å². The van der Waals surface area contributed by atoms with Crippen molar-refractivity contribution < 1.29 is 4.79 Å². The highest BCUT2D eigenvalue weighted by atomic mass is 35.5. The molecule has 0 saturated heterocycles. The van der Waals surface area contributed by atoms with Gasteiger partial charge in [0, 0.05) is 33.2 Å². The fourth-order valence-corrected chi connectivity index (χ4v) is 3.04. The Hall–Kier alpha value is -2.06. The van der Waals surface area contributed by atoms with E-state index in [2.05, 4.69) is 30.5 Å². The van der Waals surface area contributed by atoms with Crippen LogP contribution in [0.3, 0.4) is 0 Å². The maximum atomic E-state index is 11.4. The molecule has 0 amide bonds. The minimum atomic E-state index is 0.0859. The van der Waals surface area contributed by atoms with Crippen molar-refractivity contribution in [3.05, 3.63) is 59.1 Å². The summed E-state index contributed by atoms with van der Waals surface area (Å²) in [7, 11) is 0. The zero-order valence-corrected chi connectivity index (χ0v) is 13.7. The van der Waals surface area contributed by atoms with Crippen molar-refractivity contribution in [1.82, 2.24) is 4.57 Å². The highest BCUT2D eigenvalue weighted by Crippen LogP contribution is 2.32. The second-order valence-electron chi connectivity index (χ2n) is 5.83. The first kappa shape index (κ1) is 14.9. The van der Waals surface area contributed by atoms with E-state index in [1.165, 1.54) is 5.52 Å². The molecular weight excluding hydrogens is 294 g/mol. The number of carbonyl (C=O) groups is 1. The van der Waals surface area contributed by atoms with Crippen LogP contribution in [0.1, 0.15) is 37.2 Å². The molecule has 22 heavy (non-hydrogen) atoms. The zero-order valence-electron chi connectivity index (χ0n) is 12.9. The van der Waals surface area contributed by atoms with Gasteiger partial charge in [0.2, 0.25) is 0 Å². The molecule has 0 aliphatic rings. The van der Waals surface area contributed by atoms with Crippen LogP contribution in [0.5, 0.6) is 0 Å². The van der Waals surface area contributed by atoms with Crippen LogP contribution in [0, 0.1) is 0 Å². The Morgan fingerprint density at radius 3 is 2.32 bits per heavy atom. The van der Waals surface area contributed by atoms with E-state index in [0.717, 1.165) is 27.2 Å². The van der Waals surface area contributed by atoms with E-state index in [9.17, 15) is 4.79 Å². The van der Waals surface area contributed by atoms with Crippen molar-refractivity contribution in [3.8, 4) is 11.3 Å². The van der Waals surface area contributed by atoms with Crippen molar-refractivity contribution in [2.75, 3.05) is 0 Å². The Kier molecular flexibility index (Phi) is 3.79. The summed E-state index contributed by atoms with van der Waals surface area (Å²) in [5.41, 5.74) is 4.15. The maximum Gasteiger partial charge on any atom is 0.159 e. The number of Topliss-reactive ketones (excluding diaryl/α,β-unsaturated/α-hetero) is 1. The van der Waals surface area contributed by atoms with Crippen LogP contribution in [-0.4, -0.2) is 10.4 Å². The molecular formula is C19H18ClNO. The Bertz CT molecular complexity index is 844. The van der Waals surface area contributed by atoms with Gasteiger partial charge in [-0.1, -0.05) is 35.9 Å². The smallest absolute Gasteiger partial charge is 0.159 e. The van der Waals surface area contributed by atoms with Gasteiger partial charge in [-0.2, -0.15) is 0 Å². The van der Waals surface area contributed by atoms with Gasteiger partial charge in [-0.05, 0) is 50.6 Å². The molecule has 2 aromatic carbocycles. The van der Waals surface area contributed by atoms with Gasteiger partial charge in [0.25, 0.3) is 0 Å². The number of benzene rings is 2. The third-order valence-electron chi connectivity index (χ3n) is 3.90.